The summed E-state index contributed by atoms with van der Waals surface area (Å²) in [5.74, 6) is -0.0515. The van der Waals surface area contributed by atoms with Gasteiger partial charge in [0.05, 0.1) is 21.9 Å². The summed E-state index contributed by atoms with van der Waals surface area (Å²) in [5, 5.41) is 13.6. The molecule has 0 spiro atoms. The molecule has 1 fully saturated rings. The number of Topliss-reactive ketones (excluding diaryl/α,β-unsaturated/α-hetero) is 1. The van der Waals surface area contributed by atoms with Crippen molar-refractivity contribution >= 4 is 27.2 Å². The largest absolute Gasteiger partial charge is 0.416 e. The van der Waals surface area contributed by atoms with E-state index in [1.165, 1.54) is 28.6 Å². The number of carbonyl (C=O) groups excluding carboxylic acids is 1. The van der Waals surface area contributed by atoms with Gasteiger partial charge in [-0.05, 0) is 55.2 Å². The number of halogens is 3. The van der Waals surface area contributed by atoms with Crippen molar-refractivity contribution in [2.24, 2.45) is 5.92 Å². The first-order valence-electron chi connectivity index (χ1n) is 10.1. The summed E-state index contributed by atoms with van der Waals surface area (Å²) in [7, 11) is -3.67. The smallest absolute Gasteiger partial charge is 0.372 e. The van der Waals surface area contributed by atoms with Crippen molar-refractivity contribution in [3.8, 4) is 0 Å². The van der Waals surface area contributed by atoms with Crippen molar-refractivity contribution in [2.45, 2.75) is 30.8 Å². The number of nitrogens with zero attached hydrogens (tertiary/aromatic N) is 2. The maximum Gasteiger partial charge on any atom is 0.416 e. The maximum atomic E-state index is 12.8. The van der Waals surface area contributed by atoms with Gasteiger partial charge >= 0.3 is 6.18 Å². The SMILES string of the molecule is CC1CCN(S(=O)(=O)c2ccc(C(=O)CNc3ccc(C(F)(F)F)cc3[N+](=O)[O-])cc2)CC1. The van der Waals surface area contributed by atoms with Crippen LogP contribution < -0.4 is 5.32 Å². The van der Waals surface area contributed by atoms with Gasteiger partial charge in [-0.1, -0.05) is 6.92 Å². The van der Waals surface area contributed by atoms with Gasteiger partial charge in [-0.2, -0.15) is 17.5 Å². The number of hydrogen-bond donors (Lipinski definition) is 1. The molecule has 0 aliphatic carbocycles. The van der Waals surface area contributed by atoms with E-state index in [4.69, 9.17) is 0 Å². The Morgan fingerprint density at radius 2 is 1.76 bits per heavy atom. The molecule has 2 aromatic carbocycles. The third-order valence-electron chi connectivity index (χ3n) is 5.52. The second-order valence-corrected chi connectivity index (χ2v) is 9.81. The van der Waals surface area contributed by atoms with Crippen LogP contribution in [0.4, 0.5) is 24.5 Å². The van der Waals surface area contributed by atoms with Crippen LogP contribution in [0.1, 0.15) is 35.7 Å². The maximum absolute atomic E-state index is 12.8. The highest BCUT2D eigenvalue weighted by Gasteiger charge is 2.33. The molecular weight excluding hydrogens is 463 g/mol. The first-order valence-corrected chi connectivity index (χ1v) is 11.6. The topological polar surface area (TPSA) is 110 Å². The fourth-order valence-electron chi connectivity index (χ4n) is 3.47. The highest BCUT2D eigenvalue weighted by molar-refractivity contribution is 7.89. The number of sulfonamides is 1. The van der Waals surface area contributed by atoms with Gasteiger partial charge in [0.2, 0.25) is 10.0 Å². The van der Waals surface area contributed by atoms with Crippen LogP contribution in [0.25, 0.3) is 0 Å². The number of piperidine rings is 1. The quantitative estimate of drug-likeness (QED) is 0.355. The molecule has 33 heavy (non-hydrogen) atoms. The van der Waals surface area contributed by atoms with E-state index in [0.29, 0.717) is 31.1 Å². The Hall–Kier alpha value is -2.99. The molecule has 0 radical (unpaired) electrons. The van der Waals surface area contributed by atoms with Gasteiger partial charge in [0.25, 0.3) is 5.69 Å². The second kappa shape index (κ2) is 9.48. The molecule has 8 nitrogen and oxygen atoms in total. The molecule has 1 N–H and O–H groups in total. The van der Waals surface area contributed by atoms with Crippen LogP contribution in [0, 0.1) is 16.0 Å². The molecule has 12 heteroatoms. The molecule has 1 saturated heterocycles. The lowest BCUT2D eigenvalue weighted by Gasteiger charge is -2.29. The standard InChI is InChI=1S/C21H22F3N3O5S/c1-14-8-10-26(11-9-14)33(31,32)17-5-2-15(3-6-17)20(28)13-25-18-7-4-16(21(22,23)24)12-19(18)27(29)30/h2-7,12,14,25H,8-11,13H2,1H3. The minimum atomic E-state index is -4.74. The van der Waals surface area contributed by atoms with Crippen LogP contribution >= 0.6 is 0 Å². The highest BCUT2D eigenvalue weighted by Crippen LogP contribution is 2.35. The molecule has 1 heterocycles. The number of ketones is 1. The number of hydrogen-bond acceptors (Lipinski definition) is 6. The van der Waals surface area contributed by atoms with Crippen molar-refractivity contribution in [1.82, 2.24) is 4.31 Å². The zero-order valence-corrected chi connectivity index (χ0v) is 18.4. The zero-order chi connectivity index (χ0) is 24.4. The molecule has 0 saturated carbocycles. The first-order chi connectivity index (χ1) is 15.4. The molecule has 0 atom stereocenters. The van der Waals surface area contributed by atoms with E-state index in [2.05, 4.69) is 12.2 Å². The zero-order valence-electron chi connectivity index (χ0n) is 17.6. The summed E-state index contributed by atoms with van der Waals surface area (Å²) in [5.41, 5.74) is -2.07. The molecule has 2 aromatic rings. The van der Waals surface area contributed by atoms with Crippen molar-refractivity contribution in [3.05, 3.63) is 63.7 Å². The molecule has 3 rings (SSSR count). The third-order valence-corrected chi connectivity index (χ3v) is 7.43. The molecule has 0 aromatic heterocycles. The average Bonchev–Trinajstić information content (AvgIpc) is 2.77. The number of rotatable bonds is 7. The normalized spacial score (nSPS) is 15.9. The van der Waals surface area contributed by atoms with E-state index >= 15 is 0 Å². The van der Waals surface area contributed by atoms with Crippen molar-refractivity contribution in [3.63, 3.8) is 0 Å². The van der Waals surface area contributed by atoms with Gasteiger partial charge in [-0.15, -0.1) is 0 Å². The Labute approximate surface area is 188 Å². The van der Waals surface area contributed by atoms with Crippen LogP contribution in [0.15, 0.2) is 47.4 Å². The second-order valence-electron chi connectivity index (χ2n) is 7.87. The Morgan fingerprint density at radius 3 is 2.30 bits per heavy atom. The summed E-state index contributed by atoms with van der Waals surface area (Å²) in [6, 6.07) is 7.29. The Kier molecular flexibility index (Phi) is 7.08. The summed E-state index contributed by atoms with van der Waals surface area (Å²) in [4.78, 5) is 22.7. The van der Waals surface area contributed by atoms with Gasteiger partial charge in [0.1, 0.15) is 5.69 Å². The Morgan fingerprint density at radius 1 is 1.15 bits per heavy atom. The van der Waals surface area contributed by atoms with E-state index < -0.39 is 44.7 Å². The molecule has 1 aliphatic heterocycles. The Balaban J connectivity index is 1.70. The summed E-state index contributed by atoms with van der Waals surface area (Å²) in [6.45, 7) is 2.50. The average molecular weight is 485 g/mol. The van der Waals surface area contributed by atoms with E-state index in [1.54, 1.807) is 0 Å². The van der Waals surface area contributed by atoms with Crippen LogP contribution in [0.3, 0.4) is 0 Å². The van der Waals surface area contributed by atoms with Gasteiger partial charge in [-0.25, -0.2) is 8.42 Å². The monoisotopic (exact) mass is 485 g/mol. The highest BCUT2D eigenvalue weighted by atomic mass is 32.2. The number of nitrogens with one attached hydrogen (secondary N) is 1. The van der Waals surface area contributed by atoms with Crippen LogP contribution in [-0.2, 0) is 16.2 Å². The lowest BCUT2D eigenvalue weighted by molar-refractivity contribution is -0.384. The number of carbonyl (C=O) groups is 1. The minimum Gasteiger partial charge on any atom is -0.372 e. The number of nitro groups is 1. The number of alkyl halides is 3. The summed E-state index contributed by atoms with van der Waals surface area (Å²) in [6.07, 6.45) is -3.19. The minimum absolute atomic E-state index is 0.0555. The van der Waals surface area contributed by atoms with Crippen molar-refractivity contribution in [1.29, 1.82) is 0 Å². The summed E-state index contributed by atoms with van der Waals surface area (Å²) < 4.78 is 65.4. The van der Waals surface area contributed by atoms with Gasteiger partial charge in [0.15, 0.2) is 5.78 Å². The lowest BCUT2D eigenvalue weighted by Crippen LogP contribution is -2.37. The van der Waals surface area contributed by atoms with Gasteiger partial charge in [0, 0.05) is 24.7 Å². The first kappa shape index (κ1) is 24.6. The van der Waals surface area contributed by atoms with Crippen LogP contribution in [-0.4, -0.2) is 43.1 Å². The third kappa shape index (κ3) is 5.69. The lowest BCUT2D eigenvalue weighted by atomic mass is 10.0. The van der Waals surface area contributed by atoms with E-state index in [9.17, 15) is 36.5 Å². The summed E-state index contributed by atoms with van der Waals surface area (Å²) >= 11 is 0. The predicted octanol–water partition coefficient (Wildman–Crippen LogP) is 4.33. The fraction of sp³-hybridized carbons (Fsp3) is 0.381. The molecule has 0 amide bonds. The number of benzene rings is 2. The van der Waals surface area contributed by atoms with E-state index in [-0.39, 0.29) is 16.1 Å². The molecule has 1 aliphatic rings. The van der Waals surface area contributed by atoms with Gasteiger partial charge in [-0.3, -0.25) is 14.9 Å². The number of nitro benzene ring substituents is 1. The molecule has 0 bridgehead atoms. The molecule has 0 unspecified atom stereocenters. The van der Waals surface area contributed by atoms with Crippen LogP contribution in [0.5, 0.6) is 0 Å². The van der Waals surface area contributed by atoms with Gasteiger partial charge < -0.3 is 5.32 Å². The van der Waals surface area contributed by atoms with Crippen molar-refractivity contribution in [2.75, 3.05) is 25.0 Å². The fourth-order valence-corrected chi connectivity index (χ4v) is 4.94. The predicted molar refractivity (Wildman–Crippen MR) is 115 cm³/mol. The van der Waals surface area contributed by atoms with E-state index in [1.807, 2.05) is 0 Å². The Bertz CT molecular complexity index is 1140. The van der Waals surface area contributed by atoms with E-state index in [0.717, 1.165) is 18.9 Å². The molecule has 178 valence electrons. The number of anilines is 1. The van der Waals surface area contributed by atoms with Crippen LogP contribution in [0.2, 0.25) is 0 Å². The van der Waals surface area contributed by atoms with Crippen molar-refractivity contribution < 1.29 is 31.3 Å². The molecular formula is C21H22F3N3O5S.